The molecule has 0 bridgehead atoms. The first-order chi connectivity index (χ1) is 5.81. The van der Waals surface area contributed by atoms with Gasteiger partial charge in [-0.05, 0) is 25.7 Å². The van der Waals surface area contributed by atoms with Crippen LogP contribution in [-0.2, 0) is 4.43 Å². The van der Waals surface area contributed by atoms with Crippen LogP contribution in [0.15, 0.2) is 11.8 Å². The normalized spacial score (nSPS) is 22.4. The lowest BCUT2D eigenvalue weighted by Gasteiger charge is -2.36. The van der Waals surface area contributed by atoms with Gasteiger partial charge in [0.15, 0.2) is 0 Å². The fraction of sp³-hybridized carbons (Fsp3) is 0.800. The molecule has 3 heteroatoms. The maximum absolute atomic E-state index is 6.05. The van der Waals surface area contributed by atoms with Gasteiger partial charge < -0.3 is 9.74 Å². The van der Waals surface area contributed by atoms with Gasteiger partial charge in [-0.2, -0.15) is 0 Å². The molecule has 76 valence electrons. The van der Waals surface area contributed by atoms with E-state index in [1.807, 2.05) is 0 Å². The fourth-order valence-corrected chi connectivity index (χ4v) is 2.44. The van der Waals surface area contributed by atoms with E-state index in [0.717, 1.165) is 13.1 Å². The van der Waals surface area contributed by atoms with E-state index in [2.05, 4.69) is 44.9 Å². The van der Waals surface area contributed by atoms with E-state index in [9.17, 15) is 0 Å². The maximum atomic E-state index is 6.05. The standard InChI is InChI=1S/C10H21NOSi/c1-10(2)8-11-7-6-9(10)12-13(3,4)5/h6,11H,7-8H2,1-5H3. The Labute approximate surface area is 82.5 Å². The molecule has 1 rings (SSSR count). The smallest absolute Gasteiger partial charge is 0.241 e. The second-order valence-corrected chi connectivity index (χ2v) is 9.73. The molecule has 0 aromatic heterocycles. The number of hydrogen-bond donors (Lipinski definition) is 1. The van der Waals surface area contributed by atoms with E-state index in [-0.39, 0.29) is 5.41 Å². The summed E-state index contributed by atoms with van der Waals surface area (Å²) in [7, 11) is -1.43. The zero-order chi connectivity index (χ0) is 10.1. The summed E-state index contributed by atoms with van der Waals surface area (Å²) in [5.41, 5.74) is 0.165. The van der Waals surface area contributed by atoms with Gasteiger partial charge in [0.1, 0.15) is 0 Å². The Bertz CT molecular complexity index is 215. The van der Waals surface area contributed by atoms with E-state index in [1.54, 1.807) is 0 Å². The Morgan fingerprint density at radius 1 is 1.38 bits per heavy atom. The topological polar surface area (TPSA) is 21.3 Å². The molecule has 1 N–H and O–H groups in total. The summed E-state index contributed by atoms with van der Waals surface area (Å²) < 4.78 is 6.05. The molecule has 1 aliphatic heterocycles. The van der Waals surface area contributed by atoms with E-state index in [0.29, 0.717) is 0 Å². The van der Waals surface area contributed by atoms with Gasteiger partial charge in [-0.3, -0.25) is 0 Å². The maximum Gasteiger partial charge on any atom is 0.241 e. The number of rotatable bonds is 2. The molecule has 0 amide bonds. The summed E-state index contributed by atoms with van der Waals surface area (Å²) in [6, 6.07) is 0. The van der Waals surface area contributed by atoms with Crippen molar-refractivity contribution in [2.45, 2.75) is 33.5 Å². The van der Waals surface area contributed by atoms with Crippen molar-refractivity contribution in [2.75, 3.05) is 13.1 Å². The monoisotopic (exact) mass is 199 g/mol. The molecule has 0 aromatic rings. The first-order valence-corrected chi connectivity index (χ1v) is 8.32. The Kier molecular flexibility index (Phi) is 2.87. The van der Waals surface area contributed by atoms with Crippen LogP contribution in [0, 0.1) is 5.41 Å². The van der Waals surface area contributed by atoms with Gasteiger partial charge in [0.2, 0.25) is 8.32 Å². The molecule has 0 atom stereocenters. The van der Waals surface area contributed by atoms with Gasteiger partial charge in [-0.1, -0.05) is 13.8 Å². The summed E-state index contributed by atoms with van der Waals surface area (Å²) in [4.78, 5) is 0. The van der Waals surface area contributed by atoms with Crippen molar-refractivity contribution < 1.29 is 4.43 Å². The van der Waals surface area contributed by atoms with Crippen LogP contribution in [0.3, 0.4) is 0 Å². The minimum atomic E-state index is -1.43. The van der Waals surface area contributed by atoms with Crippen LogP contribution in [0.5, 0.6) is 0 Å². The fourth-order valence-electron chi connectivity index (χ4n) is 1.42. The average Bonchev–Trinajstić information content (AvgIpc) is 1.91. The predicted octanol–water partition coefficient (Wildman–Crippen LogP) is 2.35. The molecule has 2 nitrogen and oxygen atoms in total. The Morgan fingerprint density at radius 3 is 2.46 bits per heavy atom. The van der Waals surface area contributed by atoms with Gasteiger partial charge in [0, 0.05) is 18.5 Å². The zero-order valence-corrected chi connectivity index (χ0v) is 10.4. The Morgan fingerprint density at radius 2 is 2.00 bits per heavy atom. The van der Waals surface area contributed by atoms with E-state index < -0.39 is 8.32 Å². The molecule has 0 saturated carbocycles. The molecule has 0 fully saturated rings. The van der Waals surface area contributed by atoms with Gasteiger partial charge in [-0.15, -0.1) is 0 Å². The molecule has 13 heavy (non-hydrogen) atoms. The van der Waals surface area contributed by atoms with E-state index >= 15 is 0 Å². The summed E-state index contributed by atoms with van der Waals surface area (Å²) >= 11 is 0. The van der Waals surface area contributed by atoms with Crippen molar-refractivity contribution in [3.63, 3.8) is 0 Å². The van der Waals surface area contributed by atoms with Crippen molar-refractivity contribution in [1.29, 1.82) is 0 Å². The highest BCUT2D eigenvalue weighted by Crippen LogP contribution is 2.30. The molecular formula is C10H21NOSi. The minimum Gasteiger partial charge on any atom is -0.547 e. The molecule has 0 aromatic carbocycles. The van der Waals surface area contributed by atoms with Gasteiger partial charge in [0.25, 0.3) is 0 Å². The van der Waals surface area contributed by atoms with Crippen LogP contribution in [0.4, 0.5) is 0 Å². The highest BCUT2D eigenvalue weighted by atomic mass is 28.4. The van der Waals surface area contributed by atoms with Crippen LogP contribution >= 0.6 is 0 Å². The van der Waals surface area contributed by atoms with E-state index in [4.69, 9.17) is 4.43 Å². The Hall–Kier alpha value is -0.283. The van der Waals surface area contributed by atoms with Gasteiger partial charge in [0.05, 0.1) is 5.76 Å². The molecule has 0 saturated heterocycles. The van der Waals surface area contributed by atoms with Gasteiger partial charge in [-0.25, -0.2) is 0 Å². The third-order valence-electron chi connectivity index (χ3n) is 2.08. The molecule has 0 aliphatic carbocycles. The molecule has 0 radical (unpaired) electrons. The summed E-state index contributed by atoms with van der Waals surface area (Å²) in [6.45, 7) is 13.1. The highest BCUT2D eigenvalue weighted by Gasteiger charge is 2.30. The average molecular weight is 199 g/mol. The van der Waals surface area contributed by atoms with Crippen LogP contribution in [0.1, 0.15) is 13.8 Å². The largest absolute Gasteiger partial charge is 0.547 e. The van der Waals surface area contributed by atoms with Crippen molar-refractivity contribution in [1.82, 2.24) is 5.32 Å². The van der Waals surface area contributed by atoms with Gasteiger partial charge >= 0.3 is 0 Å². The first kappa shape index (κ1) is 10.8. The predicted molar refractivity (Wildman–Crippen MR) is 59.2 cm³/mol. The van der Waals surface area contributed by atoms with E-state index in [1.165, 1.54) is 5.76 Å². The lowest BCUT2D eigenvalue weighted by molar-refractivity contribution is 0.248. The summed E-state index contributed by atoms with van der Waals surface area (Å²) in [5.74, 6) is 1.19. The third-order valence-corrected chi connectivity index (χ3v) is 2.91. The summed E-state index contributed by atoms with van der Waals surface area (Å²) in [5, 5.41) is 3.35. The number of hydrogen-bond acceptors (Lipinski definition) is 2. The molecule has 0 unspecified atom stereocenters. The van der Waals surface area contributed by atoms with Crippen LogP contribution < -0.4 is 5.32 Å². The Balaban J connectivity index is 2.72. The third kappa shape index (κ3) is 3.16. The van der Waals surface area contributed by atoms with Crippen molar-refractivity contribution >= 4 is 8.32 Å². The summed E-state index contributed by atoms with van der Waals surface area (Å²) in [6.07, 6.45) is 2.18. The van der Waals surface area contributed by atoms with Crippen LogP contribution in [0.2, 0.25) is 19.6 Å². The molecular weight excluding hydrogens is 178 g/mol. The zero-order valence-electron chi connectivity index (χ0n) is 9.40. The molecule has 1 aliphatic rings. The minimum absolute atomic E-state index is 0.165. The van der Waals surface area contributed by atoms with Crippen molar-refractivity contribution in [3.05, 3.63) is 11.8 Å². The second-order valence-electron chi connectivity index (χ2n) is 5.30. The van der Waals surface area contributed by atoms with Crippen LogP contribution in [0.25, 0.3) is 0 Å². The second kappa shape index (κ2) is 3.46. The lowest BCUT2D eigenvalue weighted by atomic mass is 9.88. The number of nitrogens with one attached hydrogen (secondary N) is 1. The lowest BCUT2D eigenvalue weighted by Crippen LogP contribution is -2.40. The first-order valence-electron chi connectivity index (χ1n) is 4.92. The van der Waals surface area contributed by atoms with Crippen molar-refractivity contribution in [2.24, 2.45) is 5.41 Å². The molecule has 1 heterocycles. The highest BCUT2D eigenvalue weighted by molar-refractivity contribution is 6.70. The van der Waals surface area contributed by atoms with Crippen molar-refractivity contribution in [3.8, 4) is 0 Å². The molecule has 0 spiro atoms. The SMILES string of the molecule is CC1(C)CNCC=C1O[Si](C)(C)C. The quantitative estimate of drug-likeness (QED) is 0.689. The van der Waals surface area contributed by atoms with Crippen LogP contribution in [-0.4, -0.2) is 21.4 Å².